The minimum absolute atomic E-state index is 0.0346. The van der Waals surface area contributed by atoms with E-state index in [0.717, 1.165) is 5.56 Å². The summed E-state index contributed by atoms with van der Waals surface area (Å²) in [5.74, 6) is -0.765. The SMILES string of the molecule is Cc1cc(NC(=O)C(C)(C)C)sc1C(=O)N1CCC(NC(=O)c2ccc(F)cc2)CC1. The van der Waals surface area contributed by atoms with Crippen molar-refractivity contribution in [2.75, 3.05) is 18.4 Å². The molecule has 2 heterocycles. The van der Waals surface area contributed by atoms with Gasteiger partial charge in [0.2, 0.25) is 5.91 Å². The molecule has 166 valence electrons. The first-order valence-corrected chi connectivity index (χ1v) is 11.1. The van der Waals surface area contributed by atoms with Crippen LogP contribution in [0.25, 0.3) is 0 Å². The molecule has 3 rings (SSSR count). The number of nitrogens with zero attached hydrogens (tertiary/aromatic N) is 1. The largest absolute Gasteiger partial charge is 0.349 e. The van der Waals surface area contributed by atoms with E-state index in [-0.39, 0.29) is 29.6 Å². The normalized spacial score (nSPS) is 14.9. The molecule has 0 aliphatic carbocycles. The highest BCUT2D eigenvalue weighted by atomic mass is 32.1. The van der Waals surface area contributed by atoms with Crippen LogP contribution in [0.4, 0.5) is 9.39 Å². The minimum atomic E-state index is -0.512. The van der Waals surface area contributed by atoms with Gasteiger partial charge in [-0.25, -0.2) is 4.39 Å². The van der Waals surface area contributed by atoms with Crippen LogP contribution in [-0.4, -0.2) is 41.8 Å². The highest BCUT2D eigenvalue weighted by Crippen LogP contribution is 2.30. The van der Waals surface area contributed by atoms with E-state index in [0.29, 0.717) is 41.4 Å². The van der Waals surface area contributed by atoms with E-state index in [1.807, 2.05) is 33.8 Å². The predicted molar refractivity (Wildman–Crippen MR) is 120 cm³/mol. The number of amides is 3. The minimum Gasteiger partial charge on any atom is -0.349 e. The van der Waals surface area contributed by atoms with Crippen molar-refractivity contribution in [1.29, 1.82) is 0 Å². The Bertz CT molecular complexity index is 971. The number of carbonyl (C=O) groups excluding carboxylic acids is 3. The molecule has 1 saturated heterocycles. The summed E-state index contributed by atoms with van der Waals surface area (Å²) in [6.45, 7) is 8.46. The lowest BCUT2D eigenvalue weighted by Crippen LogP contribution is -2.46. The van der Waals surface area contributed by atoms with Gasteiger partial charge in [0.05, 0.1) is 9.88 Å². The van der Waals surface area contributed by atoms with Crippen molar-refractivity contribution in [2.45, 2.75) is 46.6 Å². The van der Waals surface area contributed by atoms with Crippen LogP contribution in [0.5, 0.6) is 0 Å². The van der Waals surface area contributed by atoms with Gasteiger partial charge in [-0.3, -0.25) is 14.4 Å². The molecule has 0 atom stereocenters. The van der Waals surface area contributed by atoms with E-state index in [4.69, 9.17) is 0 Å². The van der Waals surface area contributed by atoms with E-state index in [2.05, 4.69) is 10.6 Å². The van der Waals surface area contributed by atoms with Crippen LogP contribution < -0.4 is 10.6 Å². The summed E-state index contributed by atoms with van der Waals surface area (Å²) in [6, 6.07) is 7.23. The van der Waals surface area contributed by atoms with Crippen LogP contribution >= 0.6 is 11.3 Å². The summed E-state index contributed by atoms with van der Waals surface area (Å²) in [7, 11) is 0. The Morgan fingerprint density at radius 3 is 2.29 bits per heavy atom. The summed E-state index contributed by atoms with van der Waals surface area (Å²) < 4.78 is 13.0. The van der Waals surface area contributed by atoms with Crippen LogP contribution in [0, 0.1) is 18.2 Å². The molecule has 0 spiro atoms. The first-order chi connectivity index (χ1) is 14.5. The van der Waals surface area contributed by atoms with Gasteiger partial charge in [-0.05, 0) is 55.7 Å². The van der Waals surface area contributed by atoms with Gasteiger partial charge in [0.15, 0.2) is 0 Å². The number of thiophene rings is 1. The zero-order valence-electron chi connectivity index (χ0n) is 18.3. The standard InChI is InChI=1S/C23H28FN3O3S/c1-14-13-18(26-22(30)23(2,3)4)31-19(14)21(29)27-11-9-17(10-12-27)25-20(28)15-5-7-16(24)8-6-15/h5-8,13,17H,9-12H2,1-4H3,(H,25,28)(H,26,30). The number of benzene rings is 1. The summed E-state index contributed by atoms with van der Waals surface area (Å²) >= 11 is 1.29. The molecular formula is C23H28FN3O3S. The van der Waals surface area contributed by atoms with E-state index < -0.39 is 5.41 Å². The van der Waals surface area contributed by atoms with Crippen molar-refractivity contribution < 1.29 is 18.8 Å². The fourth-order valence-electron chi connectivity index (χ4n) is 3.30. The van der Waals surface area contributed by atoms with Gasteiger partial charge >= 0.3 is 0 Å². The van der Waals surface area contributed by atoms with Gasteiger partial charge in [0.25, 0.3) is 11.8 Å². The molecule has 1 aliphatic heterocycles. The van der Waals surface area contributed by atoms with E-state index in [9.17, 15) is 18.8 Å². The Hall–Kier alpha value is -2.74. The Morgan fingerprint density at radius 2 is 1.71 bits per heavy atom. The number of nitrogens with one attached hydrogen (secondary N) is 2. The molecular weight excluding hydrogens is 417 g/mol. The molecule has 31 heavy (non-hydrogen) atoms. The number of anilines is 1. The fourth-order valence-corrected chi connectivity index (χ4v) is 4.33. The predicted octanol–water partition coefficient (Wildman–Crippen LogP) is 4.21. The van der Waals surface area contributed by atoms with E-state index in [1.165, 1.54) is 35.6 Å². The Labute approximate surface area is 185 Å². The third-order valence-electron chi connectivity index (χ3n) is 5.25. The molecule has 0 bridgehead atoms. The van der Waals surface area contributed by atoms with Crippen molar-refractivity contribution >= 4 is 34.1 Å². The number of rotatable bonds is 4. The van der Waals surface area contributed by atoms with Crippen LogP contribution in [0.15, 0.2) is 30.3 Å². The Balaban J connectivity index is 1.56. The second-order valence-electron chi connectivity index (χ2n) is 8.87. The first-order valence-electron chi connectivity index (χ1n) is 10.3. The van der Waals surface area contributed by atoms with Gasteiger partial charge in [0, 0.05) is 30.1 Å². The van der Waals surface area contributed by atoms with Crippen LogP contribution in [0.3, 0.4) is 0 Å². The Kier molecular flexibility index (Phi) is 6.79. The lowest BCUT2D eigenvalue weighted by Gasteiger charge is -2.32. The van der Waals surface area contributed by atoms with Crippen LogP contribution in [-0.2, 0) is 4.79 Å². The van der Waals surface area contributed by atoms with Gasteiger partial charge < -0.3 is 15.5 Å². The molecule has 1 aromatic carbocycles. The smallest absolute Gasteiger partial charge is 0.264 e. The second kappa shape index (κ2) is 9.18. The zero-order valence-corrected chi connectivity index (χ0v) is 19.1. The molecule has 8 heteroatoms. The lowest BCUT2D eigenvalue weighted by atomic mass is 9.96. The molecule has 0 saturated carbocycles. The zero-order chi connectivity index (χ0) is 22.8. The summed E-state index contributed by atoms with van der Waals surface area (Å²) in [6.07, 6.45) is 1.30. The van der Waals surface area contributed by atoms with E-state index >= 15 is 0 Å². The number of hydrogen-bond acceptors (Lipinski definition) is 4. The molecule has 0 unspecified atom stereocenters. The number of aryl methyl sites for hydroxylation is 1. The van der Waals surface area contributed by atoms with Crippen molar-refractivity contribution in [2.24, 2.45) is 5.41 Å². The van der Waals surface area contributed by atoms with Crippen molar-refractivity contribution in [1.82, 2.24) is 10.2 Å². The molecule has 1 aliphatic rings. The van der Waals surface area contributed by atoms with E-state index in [1.54, 1.807) is 4.90 Å². The summed E-state index contributed by atoms with van der Waals surface area (Å²) in [5.41, 5.74) is 0.743. The highest BCUT2D eigenvalue weighted by Gasteiger charge is 2.28. The van der Waals surface area contributed by atoms with Crippen LogP contribution in [0.2, 0.25) is 0 Å². The average molecular weight is 446 g/mol. The maximum absolute atomic E-state index is 13.0. The quantitative estimate of drug-likeness (QED) is 0.740. The second-order valence-corrected chi connectivity index (χ2v) is 9.93. The molecule has 6 nitrogen and oxygen atoms in total. The molecule has 3 amide bonds. The number of carbonyl (C=O) groups is 3. The molecule has 0 radical (unpaired) electrons. The maximum Gasteiger partial charge on any atom is 0.264 e. The molecule has 2 aromatic rings. The number of halogens is 1. The van der Waals surface area contributed by atoms with Crippen molar-refractivity contribution in [3.05, 3.63) is 52.2 Å². The average Bonchev–Trinajstić information content (AvgIpc) is 3.07. The van der Waals surface area contributed by atoms with Crippen molar-refractivity contribution in [3.63, 3.8) is 0 Å². The summed E-state index contributed by atoms with van der Waals surface area (Å²) in [4.78, 5) is 39.9. The highest BCUT2D eigenvalue weighted by molar-refractivity contribution is 7.18. The monoisotopic (exact) mass is 445 g/mol. The first kappa shape index (κ1) is 22.9. The number of likely N-dealkylation sites (tertiary alicyclic amines) is 1. The summed E-state index contributed by atoms with van der Waals surface area (Å²) in [5, 5.41) is 6.52. The van der Waals surface area contributed by atoms with Gasteiger partial charge in [-0.2, -0.15) is 0 Å². The Morgan fingerprint density at radius 1 is 1.10 bits per heavy atom. The molecule has 1 fully saturated rings. The number of piperidine rings is 1. The van der Waals surface area contributed by atoms with Gasteiger partial charge in [-0.15, -0.1) is 11.3 Å². The van der Waals surface area contributed by atoms with Crippen LogP contribution in [0.1, 0.15) is 59.2 Å². The van der Waals surface area contributed by atoms with Gasteiger partial charge in [-0.1, -0.05) is 20.8 Å². The van der Waals surface area contributed by atoms with Crippen molar-refractivity contribution in [3.8, 4) is 0 Å². The number of hydrogen-bond donors (Lipinski definition) is 2. The molecule has 1 aromatic heterocycles. The van der Waals surface area contributed by atoms with Gasteiger partial charge in [0.1, 0.15) is 5.82 Å². The third kappa shape index (κ3) is 5.70. The lowest BCUT2D eigenvalue weighted by molar-refractivity contribution is -0.123. The third-order valence-corrected chi connectivity index (χ3v) is 6.39. The fraction of sp³-hybridized carbons (Fsp3) is 0.435. The maximum atomic E-state index is 13.0. The topological polar surface area (TPSA) is 78.5 Å². The molecule has 2 N–H and O–H groups in total.